The molecule has 1 N–H and O–H groups in total. The third-order valence-electron chi connectivity index (χ3n) is 3.39. The Hall–Kier alpha value is -3.11. The van der Waals surface area contributed by atoms with Gasteiger partial charge in [-0.15, -0.1) is 0 Å². The van der Waals surface area contributed by atoms with E-state index in [1.807, 2.05) is 6.07 Å². The van der Waals surface area contributed by atoms with Crippen molar-refractivity contribution in [3.8, 4) is 11.8 Å². The van der Waals surface area contributed by atoms with Crippen molar-refractivity contribution in [3.63, 3.8) is 0 Å². The summed E-state index contributed by atoms with van der Waals surface area (Å²) in [5, 5.41) is 11.8. The molecule has 1 amide bonds. The average Bonchev–Trinajstić information content (AvgIpc) is 2.61. The highest BCUT2D eigenvalue weighted by atomic mass is 35.5. The van der Waals surface area contributed by atoms with Crippen LogP contribution in [0.25, 0.3) is 0 Å². The number of carbonyl (C=O) groups is 2. The summed E-state index contributed by atoms with van der Waals surface area (Å²) in [5.74, 6) is -1.58. The molecule has 0 aliphatic carbocycles. The van der Waals surface area contributed by atoms with Crippen LogP contribution in [-0.4, -0.2) is 24.1 Å². The van der Waals surface area contributed by atoms with Crippen LogP contribution in [0.5, 0.6) is 5.75 Å². The maximum absolute atomic E-state index is 12.9. The van der Waals surface area contributed by atoms with E-state index in [2.05, 4.69) is 5.32 Å². The van der Waals surface area contributed by atoms with E-state index in [0.29, 0.717) is 5.02 Å². The minimum Gasteiger partial charge on any atom is -0.476 e. The van der Waals surface area contributed by atoms with Gasteiger partial charge in [-0.2, -0.15) is 5.26 Å². The van der Waals surface area contributed by atoms with Gasteiger partial charge >= 0.3 is 5.97 Å². The van der Waals surface area contributed by atoms with Gasteiger partial charge in [-0.3, -0.25) is 4.79 Å². The van der Waals surface area contributed by atoms with Crippen molar-refractivity contribution < 1.29 is 23.5 Å². The third-order valence-corrected chi connectivity index (χ3v) is 3.62. The fraction of sp³-hybridized carbons (Fsp3) is 0.211. The van der Waals surface area contributed by atoms with E-state index in [1.165, 1.54) is 56.3 Å². The minimum absolute atomic E-state index is 0.216. The number of nitrogens with one attached hydrogen (secondary N) is 1. The maximum atomic E-state index is 12.9. The van der Waals surface area contributed by atoms with Gasteiger partial charge in [0.05, 0.1) is 11.3 Å². The third kappa shape index (κ3) is 5.69. The predicted octanol–water partition coefficient (Wildman–Crippen LogP) is 3.69. The smallest absolute Gasteiger partial charge is 0.350 e. The number of esters is 1. The molecular weight excluding hydrogens is 375 g/mol. The molecule has 6 nitrogen and oxygen atoms in total. The van der Waals surface area contributed by atoms with E-state index in [9.17, 15) is 14.0 Å². The molecule has 0 atom stereocenters. The Kier molecular flexibility index (Phi) is 6.37. The molecule has 0 saturated heterocycles. The first-order chi connectivity index (χ1) is 12.7. The molecule has 2 aromatic carbocycles. The van der Waals surface area contributed by atoms with Crippen molar-refractivity contribution >= 4 is 29.2 Å². The largest absolute Gasteiger partial charge is 0.476 e. The van der Waals surface area contributed by atoms with Crippen LogP contribution in [0, 0.1) is 17.1 Å². The number of hydrogen-bond donors (Lipinski definition) is 1. The molecule has 140 valence electrons. The zero-order valence-corrected chi connectivity index (χ0v) is 15.3. The van der Waals surface area contributed by atoms with Crippen molar-refractivity contribution in [2.45, 2.75) is 19.4 Å². The first-order valence-corrected chi connectivity index (χ1v) is 8.20. The number of amides is 1. The predicted molar refractivity (Wildman–Crippen MR) is 96.9 cm³/mol. The van der Waals surface area contributed by atoms with Crippen LogP contribution in [0.1, 0.15) is 19.4 Å². The van der Waals surface area contributed by atoms with Gasteiger partial charge in [0.2, 0.25) is 0 Å². The highest BCUT2D eigenvalue weighted by Crippen LogP contribution is 2.21. The standard InChI is InChI=1S/C19H16ClFN2O4/c1-19(2,27-15-7-5-14(21)6-8-15)18(25)26-11-17(24)23-16-9-13(20)4-3-12(16)10-22/h3-9H,11H2,1-2H3,(H,23,24). The van der Waals surface area contributed by atoms with Crippen LogP contribution in [0.4, 0.5) is 10.1 Å². The van der Waals surface area contributed by atoms with Gasteiger partial charge in [0, 0.05) is 5.02 Å². The molecule has 0 spiro atoms. The summed E-state index contributed by atoms with van der Waals surface area (Å²) >= 11 is 5.85. The zero-order valence-electron chi connectivity index (χ0n) is 14.6. The summed E-state index contributed by atoms with van der Waals surface area (Å²) in [6, 6.07) is 11.5. The number of rotatable bonds is 6. The first kappa shape index (κ1) is 20.2. The zero-order chi connectivity index (χ0) is 20.0. The van der Waals surface area contributed by atoms with E-state index in [1.54, 1.807) is 0 Å². The number of ether oxygens (including phenoxy) is 2. The van der Waals surface area contributed by atoms with Crippen LogP contribution < -0.4 is 10.1 Å². The average molecular weight is 391 g/mol. The van der Waals surface area contributed by atoms with Gasteiger partial charge in [-0.25, -0.2) is 9.18 Å². The number of carbonyl (C=O) groups excluding carboxylic acids is 2. The second-order valence-electron chi connectivity index (χ2n) is 5.99. The van der Waals surface area contributed by atoms with Gasteiger partial charge in [0.25, 0.3) is 5.91 Å². The minimum atomic E-state index is -1.40. The van der Waals surface area contributed by atoms with E-state index in [0.717, 1.165) is 0 Å². The van der Waals surface area contributed by atoms with E-state index < -0.39 is 29.9 Å². The number of nitriles is 1. The molecular formula is C19H16ClFN2O4. The highest BCUT2D eigenvalue weighted by molar-refractivity contribution is 6.31. The first-order valence-electron chi connectivity index (χ1n) is 7.82. The van der Waals surface area contributed by atoms with Crippen LogP contribution in [0.15, 0.2) is 42.5 Å². The fourth-order valence-electron chi connectivity index (χ4n) is 2.05. The normalized spacial score (nSPS) is 10.6. The lowest BCUT2D eigenvalue weighted by molar-refractivity contribution is -0.161. The van der Waals surface area contributed by atoms with Gasteiger partial charge in [-0.05, 0) is 56.3 Å². The Morgan fingerprint density at radius 1 is 1.22 bits per heavy atom. The lowest BCUT2D eigenvalue weighted by Gasteiger charge is -2.24. The maximum Gasteiger partial charge on any atom is 0.350 e. The molecule has 8 heteroatoms. The Morgan fingerprint density at radius 3 is 2.52 bits per heavy atom. The Morgan fingerprint density at radius 2 is 1.89 bits per heavy atom. The van der Waals surface area contributed by atoms with E-state index >= 15 is 0 Å². The Balaban J connectivity index is 1.94. The lowest BCUT2D eigenvalue weighted by atomic mass is 10.1. The fourth-order valence-corrected chi connectivity index (χ4v) is 2.22. The molecule has 0 aliphatic rings. The highest BCUT2D eigenvalue weighted by Gasteiger charge is 2.32. The molecule has 0 saturated carbocycles. The molecule has 0 radical (unpaired) electrons. The number of nitrogens with zero attached hydrogens (tertiary/aromatic N) is 1. The topological polar surface area (TPSA) is 88.4 Å². The molecule has 0 bridgehead atoms. The number of benzene rings is 2. The molecule has 0 aliphatic heterocycles. The van der Waals surface area contributed by atoms with Crippen molar-refractivity contribution in [3.05, 3.63) is 58.9 Å². The summed E-state index contributed by atoms with van der Waals surface area (Å²) < 4.78 is 23.4. The van der Waals surface area contributed by atoms with Gasteiger partial charge < -0.3 is 14.8 Å². The quantitative estimate of drug-likeness (QED) is 0.760. The van der Waals surface area contributed by atoms with Crippen LogP contribution in [0.2, 0.25) is 5.02 Å². The molecule has 2 aromatic rings. The summed E-state index contributed by atoms with van der Waals surface area (Å²) in [5.41, 5.74) is -0.960. The lowest BCUT2D eigenvalue weighted by Crippen LogP contribution is -2.41. The number of halogens is 2. The van der Waals surface area contributed by atoms with Crippen molar-refractivity contribution in [1.29, 1.82) is 5.26 Å². The SMILES string of the molecule is CC(C)(Oc1ccc(F)cc1)C(=O)OCC(=O)Nc1cc(Cl)ccc1C#N. The van der Waals surface area contributed by atoms with E-state index in [-0.39, 0.29) is 17.0 Å². The van der Waals surface area contributed by atoms with Crippen molar-refractivity contribution in [1.82, 2.24) is 0 Å². The second-order valence-corrected chi connectivity index (χ2v) is 6.43. The van der Waals surface area contributed by atoms with Crippen molar-refractivity contribution in [2.75, 3.05) is 11.9 Å². The molecule has 0 fully saturated rings. The van der Waals surface area contributed by atoms with Gasteiger partial charge in [0.15, 0.2) is 12.2 Å². The van der Waals surface area contributed by atoms with Crippen LogP contribution >= 0.6 is 11.6 Å². The summed E-state index contributed by atoms with van der Waals surface area (Å²) in [7, 11) is 0. The summed E-state index contributed by atoms with van der Waals surface area (Å²) in [6.45, 7) is 2.34. The van der Waals surface area contributed by atoms with Crippen molar-refractivity contribution in [2.24, 2.45) is 0 Å². The van der Waals surface area contributed by atoms with Gasteiger partial charge in [-0.1, -0.05) is 11.6 Å². The molecule has 0 unspecified atom stereocenters. The summed E-state index contributed by atoms with van der Waals surface area (Å²) in [6.07, 6.45) is 0. The summed E-state index contributed by atoms with van der Waals surface area (Å²) in [4.78, 5) is 24.2. The second kappa shape index (κ2) is 8.52. The number of anilines is 1. The Bertz CT molecular complexity index is 892. The van der Waals surface area contributed by atoms with Gasteiger partial charge in [0.1, 0.15) is 17.6 Å². The van der Waals surface area contributed by atoms with Crippen LogP contribution in [-0.2, 0) is 14.3 Å². The van der Waals surface area contributed by atoms with E-state index in [4.69, 9.17) is 26.3 Å². The number of hydrogen-bond acceptors (Lipinski definition) is 5. The van der Waals surface area contributed by atoms with Crippen LogP contribution in [0.3, 0.4) is 0 Å². The molecule has 0 heterocycles. The molecule has 2 rings (SSSR count). The monoisotopic (exact) mass is 390 g/mol. The molecule has 27 heavy (non-hydrogen) atoms. The Labute approximate surface area is 160 Å². The molecule has 0 aromatic heterocycles.